The predicted octanol–water partition coefficient (Wildman–Crippen LogP) is 7.84. The molecule has 2 aliphatic carbocycles. The second-order valence-corrected chi connectivity index (χ2v) is 10.0. The minimum atomic E-state index is 0.120. The normalized spacial score (nSPS) is 18.2. The molecule has 5 aromatic rings. The van der Waals surface area contributed by atoms with Crippen LogP contribution < -0.4 is 5.73 Å². The molecular formula is C35H31NO. The van der Waals surface area contributed by atoms with Crippen LogP contribution in [0.5, 0.6) is 5.75 Å². The molecule has 0 saturated heterocycles. The maximum atomic E-state index is 9.13. The van der Waals surface area contributed by atoms with Crippen molar-refractivity contribution in [3.8, 4) is 5.75 Å². The van der Waals surface area contributed by atoms with Crippen LogP contribution in [0.2, 0.25) is 0 Å². The van der Waals surface area contributed by atoms with Gasteiger partial charge >= 0.3 is 0 Å². The molecule has 182 valence electrons. The van der Waals surface area contributed by atoms with Gasteiger partial charge in [-0.3, -0.25) is 0 Å². The standard InChI is InChI=1S/C25H23N.C10H8O/c26-25-19(16-17-6-2-1-3-7-17)11-13-23-22-12-10-18-8-4-5-9-20(18)21(22)14-15-24(23)25;11-10-6-5-8-3-1-2-4-9(8)7-10/h1-13,19,25H,14-16,26H2;1-7,11H. The van der Waals surface area contributed by atoms with Crippen molar-refractivity contribution in [1.29, 1.82) is 0 Å². The molecule has 0 bridgehead atoms. The van der Waals surface area contributed by atoms with Crippen LogP contribution in [0.15, 0.2) is 127 Å². The fraction of sp³-hybridized carbons (Fsp3) is 0.143. The van der Waals surface area contributed by atoms with Gasteiger partial charge in [-0.05, 0) is 80.8 Å². The molecule has 7 rings (SSSR count). The van der Waals surface area contributed by atoms with E-state index in [1.54, 1.807) is 12.1 Å². The molecule has 2 heteroatoms. The van der Waals surface area contributed by atoms with E-state index in [0.717, 1.165) is 30.0 Å². The number of rotatable bonds is 2. The fourth-order valence-corrected chi connectivity index (χ4v) is 5.82. The van der Waals surface area contributed by atoms with E-state index in [9.17, 15) is 0 Å². The van der Waals surface area contributed by atoms with Gasteiger partial charge in [-0.1, -0.05) is 109 Å². The number of benzene rings is 5. The topological polar surface area (TPSA) is 46.2 Å². The summed E-state index contributed by atoms with van der Waals surface area (Å²) in [4.78, 5) is 0. The van der Waals surface area contributed by atoms with Gasteiger partial charge in [-0.25, -0.2) is 0 Å². The Bertz CT molecular complexity index is 1630. The highest BCUT2D eigenvalue weighted by Crippen LogP contribution is 2.41. The molecule has 2 aliphatic rings. The minimum absolute atomic E-state index is 0.120. The van der Waals surface area contributed by atoms with Crippen LogP contribution in [-0.4, -0.2) is 11.1 Å². The highest BCUT2D eigenvalue weighted by molar-refractivity contribution is 5.94. The Balaban J connectivity index is 0.000000191. The van der Waals surface area contributed by atoms with Crippen LogP contribution in [0.1, 0.15) is 23.1 Å². The number of aryl methyl sites for hydroxylation is 1. The highest BCUT2D eigenvalue weighted by atomic mass is 16.3. The van der Waals surface area contributed by atoms with E-state index in [1.165, 1.54) is 38.6 Å². The molecule has 0 fully saturated rings. The Morgan fingerprint density at radius 2 is 1.41 bits per heavy atom. The van der Waals surface area contributed by atoms with Gasteiger partial charge in [-0.15, -0.1) is 0 Å². The second-order valence-electron chi connectivity index (χ2n) is 10.0. The third kappa shape index (κ3) is 4.69. The zero-order valence-corrected chi connectivity index (χ0v) is 20.8. The van der Waals surface area contributed by atoms with Gasteiger partial charge < -0.3 is 10.8 Å². The van der Waals surface area contributed by atoms with E-state index in [2.05, 4.69) is 78.9 Å². The lowest BCUT2D eigenvalue weighted by Gasteiger charge is -2.33. The van der Waals surface area contributed by atoms with Crippen LogP contribution in [0.4, 0.5) is 0 Å². The summed E-state index contributed by atoms with van der Waals surface area (Å²) in [5.41, 5.74) is 13.8. The van der Waals surface area contributed by atoms with Crippen LogP contribution in [-0.2, 0) is 12.8 Å². The average molecular weight is 482 g/mol. The Morgan fingerprint density at radius 3 is 2.24 bits per heavy atom. The highest BCUT2D eigenvalue weighted by Gasteiger charge is 2.29. The third-order valence-corrected chi connectivity index (χ3v) is 7.74. The number of allylic oxidation sites excluding steroid dienone is 2. The van der Waals surface area contributed by atoms with E-state index < -0.39 is 0 Å². The lowest BCUT2D eigenvalue weighted by molar-refractivity contribution is 0.476. The molecule has 0 aliphatic heterocycles. The van der Waals surface area contributed by atoms with Crippen molar-refractivity contribution in [3.05, 3.63) is 144 Å². The first-order valence-corrected chi connectivity index (χ1v) is 13.1. The van der Waals surface area contributed by atoms with Crippen LogP contribution in [0, 0.1) is 5.92 Å². The lowest BCUT2D eigenvalue weighted by atomic mass is 9.73. The largest absolute Gasteiger partial charge is 0.508 e. The van der Waals surface area contributed by atoms with Crippen LogP contribution in [0.25, 0.3) is 27.1 Å². The monoisotopic (exact) mass is 481 g/mol. The lowest BCUT2D eigenvalue weighted by Crippen LogP contribution is -2.36. The Hall–Kier alpha value is -4.14. The molecule has 2 unspecified atom stereocenters. The first-order valence-electron chi connectivity index (χ1n) is 13.1. The number of fused-ring (bicyclic) bond motifs is 5. The fourth-order valence-electron chi connectivity index (χ4n) is 5.82. The number of aromatic hydroxyl groups is 1. The molecule has 0 aromatic heterocycles. The van der Waals surface area contributed by atoms with Crippen molar-refractivity contribution in [2.75, 3.05) is 0 Å². The Labute approximate surface area is 218 Å². The van der Waals surface area contributed by atoms with Crippen molar-refractivity contribution in [1.82, 2.24) is 0 Å². The summed E-state index contributed by atoms with van der Waals surface area (Å²) >= 11 is 0. The number of nitrogens with two attached hydrogens (primary N) is 1. The Morgan fingerprint density at radius 1 is 0.703 bits per heavy atom. The summed E-state index contributed by atoms with van der Waals surface area (Å²) in [6.07, 6.45) is 7.85. The second kappa shape index (κ2) is 10.1. The molecule has 0 saturated carbocycles. The number of hydrogen-bond acceptors (Lipinski definition) is 2. The minimum Gasteiger partial charge on any atom is -0.508 e. The molecule has 0 heterocycles. The maximum Gasteiger partial charge on any atom is 0.116 e. The van der Waals surface area contributed by atoms with Gasteiger partial charge in [0.05, 0.1) is 0 Å². The van der Waals surface area contributed by atoms with Gasteiger partial charge in [0, 0.05) is 12.0 Å². The zero-order chi connectivity index (χ0) is 25.2. The van der Waals surface area contributed by atoms with Crippen molar-refractivity contribution in [2.24, 2.45) is 11.7 Å². The van der Waals surface area contributed by atoms with Crippen molar-refractivity contribution < 1.29 is 5.11 Å². The molecule has 5 aromatic carbocycles. The summed E-state index contributed by atoms with van der Waals surface area (Å²) in [5.74, 6) is 0.710. The predicted molar refractivity (Wildman–Crippen MR) is 156 cm³/mol. The van der Waals surface area contributed by atoms with Crippen molar-refractivity contribution in [3.63, 3.8) is 0 Å². The number of phenols is 1. The molecular weight excluding hydrogens is 450 g/mol. The summed E-state index contributed by atoms with van der Waals surface area (Å²) < 4.78 is 0. The summed E-state index contributed by atoms with van der Waals surface area (Å²) in [7, 11) is 0. The summed E-state index contributed by atoms with van der Waals surface area (Å²) in [6, 6.07) is 37.4. The average Bonchev–Trinajstić information content (AvgIpc) is 2.95. The quantitative estimate of drug-likeness (QED) is 0.270. The van der Waals surface area contributed by atoms with E-state index in [4.69, 9.17) is 10.8 Å². The van der Waals surface area contributed by atoms with Gasteiger partial charge in [0.1, 0.15) is 5.75 Å². The SMILES string of the molecule is NC1C2=C(C=CC1Cc1ccccc1)c1ccc3ccccc3c1CC2.Oc1ccc2ccccc2c1. The van der Waals surface area contributed by atoms with Crippen LogP contribution >= 0.6 is 0 Å². The van der Waals surface area contributed by atoms with Crippen molar-refractivity contribution in [2.45, 2.75) is 25.3 Å². The molecule has 2 nitrogen and oxygen atoms in total. The van der Waals surface area contributed by atoms with E-state index in [0.29, 0.717) is 11.7 Å². The molecule has 0 radical (unpaired) electrons. The van der Waals surface area contributed by atoms with Gasteiger partial charge in [0.15, 0.2) is 0 Å². The van der Waals surface area contributed by atoms with Gasteiger partial charge in [0.25, 0.3) is 0 Å². The van der Waals surface area contributed by atoms with E-state index in [1.807, 2.05) is 30.3 Å². The smallest absolute Gasteiger partial charge is 0.116 e. The zero-order valence-electron chi connectivity index (χ0n) is 20.8. The maximum absolute atomic E-state index is 9.13. The first-order chi connectivity index (χ1) is 18.2. The number of phenolic OH excluding ortho intramolecular Hbond substituents is 1. The van der Waals surface area contributed by atoms with Gasteiger partial charge in [-0.2, -0.15) is 0 Å². The van der Waals surface area contributed by atoms with Crippen LogP contribution in [0.3, 0.4) is 0 Å². The van der Waals surface area contributed by atoms with E-state index in [-0.39, 0.29) is 6.04 Å². The third-order valence-electron chi connectivity index (χ3n) is 7.74. The number of hydrogen-bond donors (Lipinski definition) is 2. The summed E-state index contributed by atoms with van der Waals surface area (Å²) in [5, 5.41) is 14.1. The van der Waals surface area contributed by atoms with Gasteiger partial charge in [0.2, 0.25) is 0 Å². The molecule has 0 spiro atoms. The van der Waals surface area contributed by atoms with E-state index >= 15 is 0 Å². The summed E-state index contributed by atoms with van der Waals surface area (Å²) in [6.45, 7) is 0. The molecule has 37 heavy (non-hydrogen) atoms. The molecule has 3 N–H and O–H groups in total. The molecule has 0 amide bonds. The van der Waals surface area contributed by atoms with Crippen molar-refractivity contribution >= 4 is 27.1 Å². The Kier molecular flexibility index (Phi) is 6.34. The first kappa shape index (κ1) is 23.3. The molecule has 2 atom stereocenters.